The first-order chi connectivity index (χ1) is 8.74. The summed E-state index contributed by atoms with van der Waals surface area (Å²) in [5.74, 6) is -0.165. The van der Waals surface area contributed by atoms with Gasteiger partial charge in [0.1, 0.15) is 6.04 Å². The van der Waals surface area contributed by atoms with Crippen LogP contribution in [-0.2, 0) is 9.53 Å². The Labute approximate surface area is 110 Å². The summed E-state index contributed by atoms with van der Waals surface area (Å²) in [6, 6.07) is 2.34. The predicted molar refractivity (Wildman–Crippen MR) is 69.9 cm³/mol. The van der Waals surface area contributed by atoms with Gasteiger partial charge in [0.05, 0.1) is 19.2 Å². The maximum absolute atomic E-state index is 12.0. The van der Waals surface area contributed by atoms with Gasteiger partial charge in [-0.1, -0.05) is 26.2 Å². The Bertz CT molecular complexity index is 293. The van der Waals surface area contributed by atoms with Gasteiger partial charge in [0, 0.05) is 6.04 Å². The minimum Gasteiger partial charge on any atom is -0.465 e. The number of nitrogens with zero attached hydrogens (tertiary/aromatic N) is 2. The van der Waals surface area contributed by atoms with Gasteiger partial charge in [-0.2, -0.15) is 5.26 Å². The quantitative estimate of drug-likeness (QED) is 0.516. The number of ether oxygens (including phenoxy) is 1. The zero-order chi connectivity index (χ0) is 13.4. The van der Waals surface area contributed by atoms with Gasteiger partial charge >= 0.3 is 5.97 Å². The highest BCUT2D eigenvalue weighted by Gasteiger charge is 2.33. The van der Waals surface area contributed by atoms with Crippen molar-refractivity contribution in [2.75, 3.05) is 13.2 Å². The lowest BCUT2D eigenvalue weighted by molar-refractivity contribution is -0.150. The van der Waals surface area contributed by atoms with Crippen LogP contribution in [0.5, 0.6) is 0 Å². The minimum atomic E-state index is -0.238. The molecule has 1 aliphatic carbocycles. The molecule has 0 aromatic carbocycles. The molecule has 0 spiro atoms. The highest BCUT2D eigenvalue weighted by Crippen LogP contribution is 2.26. The van der Waals surface area contributed by atoms with Crippen LogP contribution in [0.3, 0.4) is 0 Å². The Hall–Kier alpha value is -1.08. The van der Waals surface area contributed by atoms with E-state index in [-0.39, 0.29) is 12.0 Å². The molecule has 0 amide bonds. The van der Waals surface area contributed by atoms with E-state index in [1.165, 1.54) is 12.8 Å². The molecule has 0 N–H and O–H groups in total. The van der Waals surface area contributed by atoms with Gasteiger partial charge in [-0.05, 0) is 26.2 Å². The van der Waals surface area contributed by atoms with Crippen molar-refractivity contribution < 1.29 is 9.53 Å². The van der Waals surface area contributed by atoms with E-state index in [4.69, 9.17) is 10.00 Å². The number of rotatable bonds is 7. The van der Waals surface area contributed by atoms with E-state index < -0.39 is 0 Å². The van der Waals surface area contributed by atoms with E-state index in [0.717, 1.165) is 25.7 Å². The molecule has 0 aromatic heterocycles. The summed E-state index contributed by atoms with van der Waals surface area (Å²) in [4.78, 5) is 14.1. The molecule has 1 unspecified atom stereocenters. The second-order valence-electron chi connectivity index (χ2n) is 4.83. The largest absolute Gasteiger partial charge is 0.465 e. The fourth-order valence-corrected chi connectivity index (χ4v) is 2.74. The molecule has 18 heavy (non-hydrogen) atoms. The topological polar surface area (TPSA) is 53.3 Å². The van der Waals surface area contributed by atoms with Crippen LogP contribution in [0.25, 0.3) is 0 Å². The number of hydrogen-bond donors (Lipinski definition) is 0. The van der Waals surface area contributed by atoms with Crippen LogP contribution in [0.15, 0.2) is 0 Å². The fraction of sp³-hybridized carbons (Fsp3) is 0.857. The van der Waals surface area contributed by atoms with Crippen LogP contribution >= 0.6 is 0 Å². The molecule has 1 aliphatic rings. The number of esters is 1. The molecule has 102 valence electrons. The van der Waals surface area contributed by atoms with Crippen LogP contribution in [-0.4, -0.2) is 36.1 Å². The molecule has 1 fully saturated rings. The maximum atomic E-state index is 12.0. The van der Waals surface area contributed by atoms with Gasteiger partial charge in [-0.25, -0.2) is 0 Å². The van der Waals surface area contributed by atoms with Crippen molar-refractivity contribution in [3.63, 3.8) is 0 Å². The molecule has 0 heterocycles. The van der Waals surface area contributed by atoms with E-state index in [2.05, 4.69) is 17.9 Å². The zero-order valence-corrected chi connectivity index (χ0v) is 11.5. The standard InChI is InChI=1S/C14H24N2O2/c1-3-7-13(14(17)18-4-2)16(11-10-15)12-8-5-6-9-12/h12-13H,3-9,11H2,1-2H3. The van der Waals surface area contributed by atoms with Crippen molar-refractivity contribution in [1.82, 2.24) is 4.90 Å². The molecule has 4 nitrogen and oxygen atoms in total. The first-order valence-corrected chi connectivity index (χ1v) is 7.03. The third kappa shape index (κ3) is 3.99. The molecule has 0 bridgehead atoms. The van der Waals surface area contributed by atoms with E-state index in [0.29, 0.717) is 19.2 Å². The molecule has 0 saturated heterocycles. The van der Waals surface area contributed by atoms with Gasteiger partial charge in [-0.3, -0.25) is 9.69 Å². The monoisotopic (exact) mass is 252 g/mol. The van der Waals surface area contributed by atoms with Crippen LogP contribution < -0.4 is 0 Å². The summed E-state index contributed by atoms with van der Waals surface area (Å²) >= 11 is 0. The summed E-state index contributed by atoms with van der Waals surface area (Å²) in [5, 5.41) is 8.98. The van der Waals surface area contributed by atoms with Crippen molar-refractivity contribution in [3.05, 3.63) is 0 Å². The van der Waals surface area contributed by atoms with Crippen LogP contribution in [0, 0.1) is 11.3 Å². The van der Waals surface area contributed by atoms with Gasteiger partial charge in [-0.15, -0.1) is 0 Å². The third-order valence-corrected chi connectivity index (χ3v) is 3.57. The second kappa shape index (κ2) is 8.10. The van der Waals surface area contributed by atoms with Crippen molar-refractivity contribution in [3.8, 4) is 6.07 Å². The Morgan fingerprint density at radius 2 is 2.11 bits per heavy atom. The van der Waals surface area contributed by atoms with Crippen LogP contribution in [0.1, 0.15) is 52.4 Å². The lowest BCUT2D eigenvalue weighted by Crippen LogP contribution is -2.47. The summed E-state index contributed by atoms with van der Waals surface area (Å²) in [6.07, 6.45) is 6.31. The van der Waals surface area contributed by atoms with Crippen molar-refractivity contribution in [2.45, 2.75) is 64.5 Å². The molecule has 1 saturated carbocycles. The van der Waals surface area contributed by atoms with E-state index in [1.54, 1.807) is 0 Å². The van der Waals surface area contributed by atoms with Crippen molar-refractivity contribution >= 4 is 5.97 Å². The van der Waals surface area contributed by atoms with E-state index in [9.17, 15) is 4.79 Å². The first-order valence-electron chi connectivity index (χ1n) is 7.03. The summed E-state index contributed by atoms with van der Waals surface area (Å²) in [5.41, 5.74) is 0. The van der Waals surface area contributed by atoms with Gasteiger partial charge in [0.15, 0.2) is 0 Å². The Kier molecular flexibility index (Phi) is 6.74. The molecule has 1 atom stereocenters. The molecule has 1 rings (SSSR count). The molecule has 0 radical (unpaired) electrons. The Morgan fingerprint density at radius 1 is 1.44 bits per heavy atom. The summed E-state index contributed by atoms with van der Waals surface area (Å²) in [7, 11) is 0. The van der Waals surface area contributed by atoms with Crippen molar-refractivity contribution in [1.29, 1.82) is 5.26 Å². The maximum Gasteiger partial charge on any atom is 0.323 e. The number of carbonyl (C=O) groups excluding carboxylic acids is 1. The minimum absolute atomic E-state index is 0.165. The lowest BCUT2D eigenvalue weighted by Gasteiger charge is -2.32. The van der Waals surface area contributed by atoms with E-state index >= 15 is 0 Å². The molecule has 4 heteroatoms. The predicted octanol–water partition coefficient (Wildman–Crippen LogP) is 2.49. The van der Waals surface area contributed by atoms with Crippen molar-refractivity contribution in [2.24, 2.45) is 0 Å². The smallest absolute Gasteiger partial charge is 0.323 e. The van der Waals surface area contributed by atoms with Gasteiger partial charge in [0.2, 0.25) is 0 Å². The van der Waals surface area contributed by atoms with Gasteiger partial charge < -0.3 is 4.74 Å². The Balaban J connectivity index is 2.75. The molecular weight excluding hydrogens is 228 g/mol. The molecular formula is C14H24N2O2. The normalized spacial score (nSPS) is 17.7. The van der Waals surface area contributed by atoms with Crippen LogP contribution in [0.2, 0.25) is 0 Å². The highest BCUT2D eigenvalue weighted by molar-refractivity contribution is 5.75. The number of carbonyl (C=O) groups is 1. The molecule has 0 aliphatic heterocycles. The van der Waals surface area contributed by atoms with Gasteiger partial charge in [0.25, 0.3) is 0 Å². The summed E-state index contributed by atoms with van der Waals surface area (Å²) in [6.45, 7) is 4.62. The lowest BCUT2D eigenvalue weighted by atomic mass is 10.1. The summed E-state index contributed by atoms with van der Waals surface area (Å²) < 4.78 is 5.15. The average molecular weight is 252 g/mol. The highest BCUT2D eigenvalue weighted by atomic mass is 16.5. The number of nitriles is 1. The van der Waals surface area contributed by atoms with E-state index in [1.807, 2.05) is 6.92 Å². The van der Waals surface area contributed by atoms with Crippen LogP contribution in [0.4, 0.5) is 0 Å². The Morgan fingerprint density at radius 3 is 2.61 bits per heavy atom. The second-order valence-corrected chi connectivity index (χ2v) is 4.83. The zero-order valence-electron chi connectivity index (χ0n) is 11.5. The SMILES string of the molecule is CCCC(C(=O)OCC)N(CC#N)C1CCCC1. The molecule has 0 aromatic rings. The third-order valence-electron chi connectivity index (χ3n) is 3.57. The fourth-order valence-electron chi connectivity index (χ4n) is 2.74. The average Bonchev–Trinajstić information content (AvgIpc) is 2.87. The first kappa shape index (κ1) is 15.0. The number of hydrogen-bond acceptors (Lipinski definition) is 4.